The number of non-ortho nitro benzene ring substituents is 1. The smallest absolute Gasteiger partial charge is 0.339 e. The molecule has 3 atom stereocenters. The average Bonchev–Trinajstić information content (AvgIpc) is 2.69. The molecule has 9 nitrogen and oxygen atoms in total. The Kier molecular flexibility index (Phi) is 7.69. The molecule has 1 amide bonds. The fourth-order valence-corrected chi connectivity index (χ4v) is 3.28. The molecule has 29 heavy (non-hydrogen) atoms. The highest BCUT2D eigenvalue weighted by Crippen LogP contribution is 2.24. The van der Waals surface area contributed by atoms with Crippen molar-refractivity contribution in [3.05, 3.63) is 39.4 Å². The van der Waals surface area contributed by atoms with Gasteiger partial charge in [-0.05, 0) is 38.7 Å². The summed E-state index contributed by atoms with van der Waals surface area (Å²) in [6, 6.07) is 3.21. The van der Waals surface area contributed by atoms with Gasteiger partial charge in [0.05, 0.1) is 22.7 Å². The van der Waals surface area contributed by atoms with Gasteiger partial charge < -0.3 is 14.8 Å². The van der Waals surface area contributed by atoms with Crippen LogP contribution in [0.15, 0.2) is 18.2 Å². The quantitative estimate of drug-likeness (QED) is 0.419. The number of rotatable bonds is 7. The molecule has 1 aromatic carbocycles. The molecule has 1 aromatic rings. The second kappa shape index (κ2) is 9.99. The predicted octanol–water partition coefficient (Wildman–Crippen LogP) is 3.01. The number of esters is 2. The topological polar surface area (TPSA) is 125 Å². The van der Waals surface area contributed by atoms with Crippen LogP contribution in [0.4, 0.5) is 5.69 Å². The molecular formula is C20H26N2O7. The molecule has 1 aliphatic rings. The third-order valence-corrected chi connectivity index (χ3v) is 4.97. The lowest BCUT2D eigenvalue weighted by molar-refractivity contribution is -0.384. The first kappa shape index (κ1) is 22.3. The van der Waals surface area contributed by atoms with Crippen molar-refractivity contribution in [2.75, 3.05) is 6.61 Å². The highest BCUT2D eigenvalue weighted by atomic mass is 16.6. The first-order valence-electron chi connectivity index (χ1n) is 9.70. The first-order chi connectivity index (χ1) is 13.7. The van der Waals surface area contributed by atoms with Gasteiger partial charge in [0, 0.05) is 18.2 Å². The number of nitro benzene ring substituents is 1. The summed E-state index contributed by atoms with van der Waals surface area (Å²) >= 11 is 0. The van der Waals surface area contributed by atoms with Gasteiger partial charge in [-0.15, -0.1) is 0 Å². The lowest BCUT2D eigenvalue weighted by Crippen LogP contribution is -2.46. The summed E-state index contributed by atoms with van der Waals surface area (Å²) in [4.78, 5) is 47.2. The lowest BCUT2D eigenvalue weighted by atomic mass is 9.86. The number of carbonyl (C=O) groups is 3. The molecule has 2 rings (SSSR count). The third-order valence-electron chi connectivity index (χ3n) is 4.97. The van der Waals surface area contributed by atoms with E-state index in [1.54, 1.807) is 6.92 Å². The van der Waals surface area contributed by atoms with E-state index >= 15 is 0 Å². The maximum Gasteiger partial charge on any atom is 0.339 e. The summed E-state index contributed by atoms with van der Waals surface area (Å²) in [7, 11) is 0. The molecule has 0 saturated heterocycles. The largest absolute Gasteiger partial charge is 0.462 e. The standard InChI is InChI=1S/C20H26N2O7/c1-4-28-19(24)14-9-15(11-16(10-14)22(26)27)20(25)29-13(3)18(23)21-17-8-6-5-7-12(17)2/h9-13,17H,4-8H2,1-3H3,(H,21,23). The van der Waals surface area contributed by atoms with Gasteiger partial charge in [-0.2, -0.15) is 0 Å². The zero-order chi connectivity index (χ0) is 21.6. The van der Waals surface area contributed by atoms with Crippen LogP contribution in [0.1, 0.15) is 67.2 Å². The zero-order valence-electron chi connectivity index (χ0n) is 16.8. The second-order valence-corrected chi connectivity index (χ2v) is 7.17. The molecule has 0 spiro atoms. The number of amides is 1. The van der Waals surface area contributed by atoms with Crippen molar-refractivity contribution < 1.29 is 28.8 Å². The Balaban J connectivity index is 2.11. The van der Waals surface area contributed by atoms with Crippen molar-refractivity contribution in [2.45, 2.75) is 58.6 Å². The molecular weight excluding hydrogens is 380 g/mol. The van der Waals surface area contributed by atoms with E-state index in [0.29, 0.717) is 5.92 Å². The van der Waals surface area contributed by atoms with Crippen LogP contribution in [0.3, 0.4) is 0 Å². The van der Waals surface area contributed by atoms with Crippen molar-refractivity contribution >= 4 is 23.5 Å². The van der Waals surface area contributed by atoms with Gasteiger partial charge in [-0.1, -0.05) is 19.8 Å². The Morgan fingerprint density at radius 1 is 1.17 bits per heavy atom. The van der Waals surface area contributed by atoms with Gasteiger partial charge in [0.1, 0.15) is 0 Å². The molecule has 9 heteroatoms. The highest BCUT2D eigenvalue weighted by Gasteiger charge is 2.27. The molecule has 1 saturated carbocycles. The minimum absolute atomic E-state index is 0.0330. The summed E-state index contributed by atoms with van der Waals surface area (Å²) in [6.07, 6.45) is 2.99. The maximum absolute atomic E-state index is 12.4. The Hall–Kier alpha value is -2.97. The van der Waals surface area contributed by atoms with E-state index in [1.165, 1.54) is 6.92 Å². The summed E-state index contributed by atoms with van der Waals surface area (Å²) in [5, 5.41) is 14.0. The molecule has 1 aliphatic carbocycles. The molecule has 0 aliphatic heterocycles. The SMILES string of the molecule is CCOC(=O)c1cc(C(=O)OC(C)C(=O)NC2CCCCC2C)cc([N+](=O)[O-])c1. The summed E-state index contributed by atoms with van der Waals surface area (Å²) in [5.74, 6) is -1.80. The molecule has 0 heterocycles. The number of carbonyl (C=O) groups excluding carboxylic acids is 3. The van der Waals surface area contributed by atoms with E-state index in [-0.39, 0.29) is 23.8 Å². The molecule has 3 unspecified atom stereocenters. The van der Waals surface area contributed by atoms with Crippen LogP contribution in [0.5, 0.6) is 0 Å². The second-order valence-electron chi connectivity index (χ2n) is 7.17. The first-order valence-corrected chi connectivity index (χ1v) is 9.70. The van der Waals surface area contributed by atoms with Crippen molar-refractivity contribution in [3.8, 4) is 0 Å². The Bertz CT molecular complexity index is 793. The number of nitrogens with zero attached hydrogens (tertiary/aromatic N) is 1. The summed E-state index contributed by atoms with van der Waals surface area (Å²) in [5.41, 5.74) is -0.787. The fraction of sp³-hybridized carbons (Fsp3) is 0.550. The predicted molar refractivity (Wildman–Crippen MR) is 103 cm³/mol. The van der Waals surface area contributed by atoms with Gasteiger partial charge in [0.15, 0.2) is 6.10 Å². The van der Waals surface area contributed by atoms with Gasteiger partial charge in [0.25, 0.3) is 11.6 Å². The average molecular weight is 406 g/mol. The van der Waals surface area contributed by atoms with Gasteiger partial charge in [-0.3, -0.25) is 14.9 Å². The Morgan fingerprint density at radius 3 is 2.38 bits per heavy atom. The van der Waals surface area contributed by atoms with Crippen LogP contribution in [0, 0.1) is 16.0 Å². The lowest BCUT2D eigenvalue weighted by Gasteiger charge is -2.30. The van der Waals surface area contributed by atoms with E-state index in [1.807, 2.05) is 0 Å². The van der Waals surface area contributed by atoms with Crippen LogP contribution >= 0.6 is 0 Å². The van der Waals surface area contributed by atoms with Gasteiger partial charge in [-0.25, -0.2) is 9.59 Å². The van der Waals surface area contributed by atoms with E-state index in [0.717, 1.165) is 43.9 Å². The van der Waals surface area contributed by atoms with E-state index in [9.17, 15) is 24.5 Å². The number of hydrogen-bond acceptors (Lipinski definition) is 7. The monoisotopic (exact) mass is 406 g/mol. The molecule has 0 bridgehead atoms. The summed E-state index contributed by atoms with van der Waals surface area (Å²) < 4.78 is 10.0. The molecule has 158 valence electrons. The molecule has 0 radical (unpaired) electrons. The van der Waals surface area contributed by atoms with Gasteiger partial charge in [0.2, 0.25) is 0 Å². The molecule has 0 aromatic heterocycles. The number of benzene rings is 1. The number of ether oxygens (including phenoxy) is 2. The van der Waals surface area contributed by atoms with Gasteiger partial charge >= 0.3 is 11.9 Å². The van der Waals surface area contributed by atoms with Crippen molar-refractivity contribution in [1.82, 2.24) is 5.32 Å². The fourth-order valence-electron chi connectivity index (χ4n) is 3.28. The normalized spacial score (nSPS) is 19.7. The van der Waals surface area contributed by atoms with Crippen LogP contribution in [0.2, 0.25) is 0 Å². The van der Waals surface area contributed by atoms with Crippen LogP contribution in [0.25, 0.3) is 0 Å². The molecule has 1 fully saturated rings. The Labute approximate surface area is 168 Å². The number of nitro groups is 1. The van der Waals surface area contributed by atoms with Crippen LogP contribution < -0.4 is 5.32 Å². The maximum atomic E-state index is 12.4. The minimum Gasteiger partial charge on any atom is -0.462 e. The Morgan fingerprint density at radius 2 is 1.79 bits per heavy atom. The van der Waals surface area contributed by atoms with Crippen molar-refractivity contribution in [1.29, 1.82) is 0 Å². The van der Waals surface area contributed by atoms with Crippen LogP contribution in [-0.4, -0.2) is 41.5 Å². The van der Waals surface area contributed by atoms with Crippen molar-refractivity contribution in [2.24, 2.45) is 5.92 Å². The van der Waals surface area contributed by atoms with E-state index < -0.39 is 34.6 Å². The van der Waals surface area contributed by atoms with E-state index in [4.69, 9.17) is 9.47 Å². The van der Waals surface area contributed by atoms with E-state index in [2.05, 4.69) is 12.2 Å². The number of hydrogen-bond donors (Lipinski definition) is 1. The highest BCUT2D eigenvalue weighted by molar-refractivity contribution is 5.97. The van der Waals surface area contributed by atoms with Crippen molar-refractivity contribution in [3.63, 3.8) is 0 Å². The van der Waals surface area contributed by atoms with Crippen LogP contribution in [-0.2, 0) is 14.3 Å². The molecule has 1 N–H and O–H groups in total. The minimum atomic E-state index is -1.08. The zero-order valence-corrected chi connectivity index (χ0v) is 16.8. The number of nitrogens with one attached hydrogen (secondary N) is 1. The third kappa shape index (κ3) is 6.00. The summed E-state index contributed by atoms with van der Waals surface area (Å²) in [6.45, 7) is 5.18.